The molecule has 2 aromatic carbocycles. The molecule has 1 atom stereocenters. The first kappa shape index (κ1) is 25.2. The maximum Gasteiger partial charge on any atom is 0.251 e. The molecule has 0 bridgehead atoms. The third-order valence-electron chi connectivity index (χ3n) is 6.98. The Balaban J connectivity index is 1.20. The third kappa shape index (κ3) is 6.09. The van der Waals surface area contributed by atoms with Crippen molar-refractivity contribution in [2.75, 3.05) is 30.3 Å². The predicted octanol–water partition coefficient (Wildman–Crippen LogP) is 5.03. The zero-order valence-electron chi connectivity index (χ0n) is 20.9. The number of carbonyl (C=O) groups is 2. The van der Waals surface area contributed by atoms with Gasteiger partial charge in [-0.2, -0.15) is 0 Å². The lowest BCUT2D eigenvalue weighted by atomic mass is 10.0. The number of benzene rings is 2. The minimum absolute atomic E-state index is 0.0769. The van der Waals surface area contributed by atoms with Gasteiger partial charge in [0.15, 0.2) is 0 Å². The molecule has 3 N–H and O–H groups in total. The number of aromatic nitrogens is 2. The number of rotatable bonds is 7. The van der Waals surface area contributed by atoms with Crippen LogP contribution in [0.3, 0.4) is 0 Å². The van der Waals surface area contributed by atoms with Gasteiger partial charge in [0.05, 0.1) is 17.8 Å². The Labute approximate surface area is 221 Å². The minimum Gasteiger partial charge on any atom is -0.352 e. The van der Waals surface area contributed by atoms with Crippen molar-refractivity contribution in [3.8, 4) is 11.3 Å². The Morgan fingerprint density at radius 3 is 2.84 bits per heavy atom. The molecule has 1 aromatic heterocycles. The molecule has 2 amide bonds. The molecule has 0 aliphatic carbocycles. The summed E-state index contributed by atoms with van der Waals surface area (Å²) in [5.41, 5.74) is 4.20. The number of hydrogen-bond acceptors (Lipinski definition) is 6. The van der Waals surface area contributed by atoms with Crippen LogP contribution in [-0.4, -0.2) is 52.4 Å². The molecule has 3 aromatic rings. The van der Waals surface area contributed by atoms with Crippen LogP contribution in [0.1, 0.15) is 48.5 Å². The lowest BCUT2D eigenvalue weighted by Gasteiger charge is -2.33. The average molecular weight is 519 g/mol. The number of nitrogens with zero attached hydrogens (tertiary/aromatic N) is 3. The second kappa shape index (κ2) is 11.3. The number of hydrogen-bond donors (Lipinski definition) is 3. The van der Waals surface area contributed by atoms with Crippen LogP contribution in [0.4, 0.5) is 17.3 Å². The highest BCUT2D eigenvalue weighted by molar-refractivity contribution is 6.31. The number of nitrogens with one attached hydrogen (secondary N) is 3. The van der Waals surface area contributed by atoms with Gasteiger partial charge in [0.2, 0.25) is 11.9 Å². The third-order valence-corrected chi connectivity index (χ3v) is 7.21. The molecule has 9 heteroatoms. The van der Waals surface area contributed by atoms with E-state index < -0.39 is 0 Å². The van der Waals surface area contributed by atoms with Crippen LogP contribution in [0.5, 0.6) is 0 Å². The summed E-state index contributed by atoms with van der Waals surface area (Å²) < 4.78 is 0. The van der Waals surface area contributed by atoms with Crippen LogP contribution in [0.2, 0.25) is 5.02 Å². The van der Waals surface area contributed by atoms with E-state index in [1.54, 1.807) is 30.5 Å². The van der Waals surface area contributed by atoms with E-state index >= 15 is 0 Å². The van der Waals surface area contributed by atoms with Crippen LogP contribution >= 0.6 is 11.6 Å². The van der Waals surface area contributed by atoms with Crippen molar-refractivity contribution < 1.29 is 9.59 Å². The molecule has 0 saturated carbocycles. The standard InChI is InChI=1S/C28H31ClN6O2/c1-18-5-2-3-13-35(18)14-4-12-30-27(37)19-6-9-22(10-7-19)32-28-31-17-20-15-25(36)33-24-16-21(29)8-11-23(24)26(20)34-28/h6-11,16-18H,2-5,12-15H2,1H3,(H,30,37)(H,33,36)(H,31,32,34). The lowest BCUT2D eigenvalue weighted by Crippen LogP contribution is -2.39. The Bertz CT molecular complexity index is 1300. The number of anilines is 3. The quantitative estimate of drug-likeness (QED) is 0.379. The van der Waals surface area contributed by atoms with Crippen LogP contribution in [0, 0.1) is 0 Å². The Hall–Kier alpha value is -3.49. The molecule has 2 aliphatic heterocycles. The maximum absolute atomic E-state index is 12.6. The topological polar surface area (TPSA) is 99.2 Å². The number of amides is 2. The van der Waals surface area contributed by atoms with Crippen molar-refractivity contribution in [3.63, 3.8) is 0 Å². The van der Waals surface area contributed by atoms with Crippen molar-refractivity contribution in [3.05, 3.63) is 64.8 Å². The molecular weight excluding hydrogens is 488 g/mol. The highest BCUT2D eigenvalue weighted by atomic mass is 35.5. The zero-order valence-corrected chi connectivity index (χ0v) is 21.6. The smallest absolute Gasteiger partial charge is 0.251 e. The molecule has 192 valence electrons. The first-order valence-corrected chi connectivity index (χ1v) is 13.2. The van der Waals surface area contributed by atoms with E-state index in [1.165, 1.54) is 19.3 Å². The highest BCUT2D eigenvalue weighted by Crippen LogP contribution is 2.34. The average Bonchev–Trinajstić information content (AvgIpc) is 3.02. The van der Waals surface area contributed by atoms with Crippen LogP contribution < -0.4 is 16.0 Å². The summed E-state index contributed by atoms with van der Waals surface area (Å²) in [7, 11) is 0. The van der Waals surface area contributed by atoms with Gasteiger partial charge >= 0.3 is 0 Å². The van der Waals surface area contributed by atoms with Crippen LogP contribution in [0.15, 0.2) is 48.7 Å². The summed E-state index contributed by atoms with van der Waals surface area (Å²) in [5.74, 6) is 0.187. The van der Waals surface area contributed by atoms with Gasteiger partial charge in [-0.3, -0.25) is 9.59 Å². The fraction of sp³-hybridized carbons (Fsp3) is 0.357. The van der Waals surface area contributed by atoms with E-state index in [0.717, 1.165) is 36.3 Å². The molecule has 1 saturated heterocycles. The Morgan fingerprint density at radius 2 is 2.03 bits per heavy atom. The van der Waals surface area contributed by atoms with Crippen molar-refractivity contribution in [1.29, 1.82) is 0 Å². The number of fused-ring (bicyclic) bond motifs is 3. The second-order valence-corrected chi connectivity index (χ2v) is 10.1. The van der Waals surface area contributed by atoms with Crippen molar-refractivity contribution in [2.24, 2.45) is 0 Å². The summed E-state index contributed by atoms with van der Waals surface area (Å²) >= 11 is 6.12. The van der Waals surface area contributed by atoms with Gasteiger partial charge in [-0.05, 0) is 75.2 Å². The molecule has 2 aliphatic rings. The molecule has 1 unspecified atom stereocenters. The molecule has 5 rings (SSSR count). The molecule has 0 spiro atoms. The lowest BCUT2D eigenvalue weighted by molar-refractivity contribution is -0.115. The molecular formula is C28H31ClN6O2. The minimum atomic E-state index is -0.138. The van der Waals surface area contributed by atoms with Gasteiger partial charge in [0.25, 0.3) is 5.91 Å². The summed E-state index contributed by atoms with van der Waals surface area (Å²) in [4.78, 5) is 36.5. The second-order valence-electron chi connectivity index (χ2n) is 9.67. The number of piperidine rings is 1. The van der Waals surface area contributed by atoms with Crippen molar-refractivity contribution >= 4 is 40.7 Å². The van der Waals surface area contributed by atoms with E-state index in [9.17, 15) is 9.59 Å². The predicted molar refractivity (Wildman–Crippen MR) is 146 cm³/mol. The van der Waals surface area contributed by atoms with Gasteiger partial charge in [-0.25, -0.2) is 9.97 Å². The number of carbonyl (C=O) groups excluding carboxylic acids is 2. The first-order valence-electron chi connectivity index (χ1n) is 12.8. The molecule has 1 fully saturated rings. The van der Waals surface area contributed by atoms with Crippen molar-refractivity contribution in [2.45, 2.75) is 45.1 Å². The highest BCUT2D eigenvalue weighted by Gasteiger charge is 2.21. The Kier molecular flexibility index (Phi) is 7.67. The maximum atomic E-state index is 12.6. The van der Waals surface area contributed by atoms with E-state index in [0.29, 0.717) is 40.5 Å². The molecule has 3 heterocycles. The fourth-order valence-corrected chi connectivity index (χ4v) is 5.11. The van der Waals surface area contributed by atoms with E-state index in [4.69, 9.17) is 11.6 Å². The summed E-state index contributed by atoms with van der Waals surface area (Å²) in [6, 6.07) is 13.2. The number of likely N-dealkylation sites (tertiary alicyclic amines) is 1. The molecule has 8 nitrogen and oxygen atoms in total. The monoisotopic (exact) mass is 518 g/mol. The summed E-state index contributed by atoms with van der Waals surface area (Å²) in [5, 5.41) is 9.64. The van der Waals surface area contributed by atoms with Gasteiger partial charge < -0.3 is 20.9 Å². The Morgan fingerprint density at radius 1 is 1.19 bits per heavy atom. The molecule has 0 radical (unpaired) electrons. The zero-order chi connectivity index (χ0) is 25.8. The summed E-state index contributed by atoms with van der Waals surface area (Å²) in [6.07, 6.45) is 6.65. The number of halogens is 1. The fourth-order valence-electron chi connectivity index (χ4n) is 4.93. The van der Waals surface area contributed by atoms with Gasteiger partial charge in [0, 0.05) is 52.7 Å². The van der Waals surface area contributed by atoms with E-state index in [1.807, 2.05) is 18.2 Å². The van der Waals surface area contributed by atoms with Gasteiger partial charge in [-0.1, -0.05) is 18.0 Å². The largest absolute Gasteiger partial charge is 0.352 e. The first-order chi connectivity index (χ1) is 18.0. The summed E-state index contributed by atoms with van der Waals surface area (Å²) in [6.45, 7) is 5.13. The van der Waals surface area contributed by atoms with E-state index in [2.05, 4.69) is 37.7 Å². The normalized spacial score (nSPS) is 17.2. The van der Waals surface area contributed by atoms with Gasteiger partial charge in [-0.15, -0.1) is 0 Å². The van der Waals surface area contributed by atoms with Crippen LogP contribution in [-0.2, 0) is 11.2 Å². The van der Waals surface area contributed by atoms with Gasteiger partial charge in [0.1, 0.15) is 0 Å². The van der Waals surface area contributed by atoms with Crippen molar-refractivity contribution in [1.82, 2.24) is 20.2 Å². The van der Waals surface area contributed by atoms with Crippen LogP contribution in [0.25, 0.3) is 11.3 Å². The SMILES string of the molecule is CC1CCCCN1CCCNC(=O)c1ccc(Nc2ncc3c(n2)-c2ccc(Cl)cc2NC(=O)C3)cc1. The molecule has 37 heavy (non-hydrogen) atoms. The van der Waals surface area contributed by atoms with E-state index in [-0.39, 0.29) is 18.2 Å².